The minimum absolute atomic E-state index is 0.0764. The van der Waals surface area contributed by atoms with Crippen LogP contribution in [0.15, 0.2) is 56.8 Å². The second kappa shape index (κ2) is 10.7. The van der Waals surface area contributed by atoms with Crippen LogP contribution < -0.4 is 4.80 Å². The first kappa shape index (κ1) is 25.7. The molecule has 0 aliphatic carbocycles. The Labute approximate surface area is 216 Å². The van der Waals surface area contributed by atoms with E-state index in [1.807, 2.05) is 25.1 Å². The number of esters is 1. The summed E-state index contributed by atoms with van der Waals surface area (Å²) in [6.07, 6.45) is 1.86. The molecule has 4 rings (SSSR count). The maximum Gasteiger partial charge on any atom is 0.326 e. The van der Waals surface area contributed by atoms with Crippen LogP contribution in [-0.2, 0) is 26.1 Å². The Morgan fingerprint density at radius 2 is 1.94 bits per heavy atom. The lowest BCUT2D eigenvalue weighted by molar-refractivity contribution is -0.143. The summed E-state index contributed by atoms with van der Waals surface area (Å²) in [6.45, 7) is 4.96. The second-order valence-corrected chi connectivity index (χ2v) is 12.3. The molecule has 1 saturated heterocycles. The van der Waals surface area contributed by atoms with Gasteiger partial charge in [0, 0.05) is 23.1 Å². The van der Waals surface area contributed by atoms with Crippen molar-refractivity contribution in [1.29, 1.82) is 0 Å². The summed E-state index contributed by atoms with van der Waals surface area (Å²) in [5.41, 5.74) is 1.02. The number of hydrogen-bond acceptors (Lipinski definition) is 6. The summed E-state index contributed by atoms with van der Waals surface area (Å²) in [4.78, 5) is 29.9. The third-order valence-corrected chi connectivity index (χ3v) is 9.21. The van der Waals surface area contributed by atoms with Gasteiger partial charge in [-0.25, -0.2) is 8.42 Å². The third kappa shape index (κ3) is 5.74. The van der Waals surface area contributed by atoms with E-state index in [9.17, 15) is 18.0 Å². The monoisotopic (exact) mass is 579 g/mol. The van der Waals surface area contributed by atoms with Crippen LogP contribution in [0.5, 0.6) is 0 Å². The summed E-state index contributed by atoms with van der Waals surface area (Å²) in [6, 6.07) is 11.5. The molecule has 1 unspecified atom stereocenters. The van der Waals surface area contributed by atoms with E-state index in [2.05, 4.69) is 20.9 Å². The summed E-state index contributed by atoms with van der Waals surface area (Å²) in [5, 5.41) is 0. The smallest absolute Gasteiger partial charge is 0.326 e. The lowest BCUT2D eigenvalue weighted by Crippen LogP contribution is -2.39. The van der Waals surface area contributed by atoms with Crippen molar-refractivity contribution in [2.75, 3.05) is 19.7 Å². The van der Waals surface area contributed by atoms with Crippen LogP contribution in [0.3, 0.4) is 0 Å². The molecule has 0 spiro atoms. The van der Waals surface area contributed by atoms with Crippen LogP contribution in [0.4, 0.5) is 0 Å². The molecule has 11 heteroatoms. The Hall–Kier alpha value is -2.34. The zero-order chi connectivity index (χ0) is 25.2. The first-order valence-electron chi connectivity index (χ1n) is 11.3. The molecule has 1 atom stereocenters. The topological polar surface area (TPSA) is 98.0 Å². The van der Waals surface area contributed by atoms with Gasteiger partial charge in [-0.05, 0) is 68.1 Å². The standard InChI is InChI=1S/C24H26BrN3O5S2/c1-3-33-22(29)15-28-20-11-8-18(25)13-21(20)34-24(28)26-23(30)17-6-9-19(10-7-17)35(31,32)27-12-4-5-16(2)14-27/h6-11,13,16H,3-5,12,14-15H2,1-2H3. The van der Waals surface area contributed by atoms with E-state index < -0.39 is 21.9 Å². The van der Waals surface area contributed by atoms with E-state index >= 15 is 0 Å². The Morgan fingerprint density at radius 3 is 2.63 bits per heavy atom. The molecular formula is C24H26BrN3O5S2. The van der Waals surface area contributed by atoms with E-state index in [-0.39, 0.29) is 23.6 Å². The van der Waals surface area contributed by atoms with Gasteiger partial charge in [-0.3, -0.25) is 9.59 Å². The number of aromatic nitrogens is 1. The molecule has 1 amide bonds. The van der Waals surface area contributed by atoms with Crippen LogP contribution in [0.25, 0.3) is 10.2 Å². The first-order valence-corrected chi connectivity index (χ1v) is 14.4. The number of amides is 1. The third-order valence-electron chi connectivity index (χ3n) is 5.79. The van der Waals surface area contributed by atoms with E-state index in [1.165, 1.54) is 39.9 Å². The van der Waals surface area contributed by atoms with Gasteiger partial charge in [-0.2, -0.15) is 9.30 Å². The zero-order valence-electron chi connectivity index (χ0n) is 19.4. The molecule has 0 saturated carbocycles. The lowest BCUT2D eigenvalue weighted by Gasteiger charge is -2.30. The second-order valence-electron chi connectivity index (χ2n) is 8.44. The van der Waals surface area contributed by atoms with Crippen LogP contribution in [0, 0.1) is 5.92 Å². The molecule has 1 aromatic heterocycles. The van der Waals surface area contributed by atoms with E-state index in [4.69, 9.17) is 4.74 Å². The predicted octanol–water partition coefficient (Wildman–Crippen LogP) is 4.19. The SMILES string of the molecule is CCOC(=O)Cn1c(=NC(=O)c2ccc(S(=O)(=O)N3CCCC(C)C3)cc2)sc2cc(Br)ccc21. The zero-order valence-corrected chi connectivity index (χ0v) is 22.7. The number of halogens is 1. The van der Waals surface area contributed by atoms with Crippen molar-refractivity contribution in [1.82, 2.24) is 8.87 Å². The lowest BCUT2D eigenvalue weighted by atomic mass is 10.0. The van der Waals surface area contributed by atoms with Crippen LogP contribution in [0.1, 0.15) is 37.0 Å². The molecule has 2 aromatic carbocycles. The summed E-state index contributed by atoms with van der Waals surface area (Å²) < 4.78 is 36.0. The summed E-state index contributed by atoms with van der Waals surface area (Å²) >= 11 is 4.72. The van der Waals surface area contributed by atoms with E-state index in [1.54, 1.807) is 11.5 Å². The average molecular weight is 581 g/mol. The fourth-order valence-corrected chi connectivity index (χ4v) is 7.23. The van der Waals surface area contributed by atoms with Crippen molar-refractivity contribution < 1.29 is 22.7 Å². The molecule has 1 fully saturated rings. The van der Waals surface area contributed by atoms with Crippen molar-refractivity contribution in [2.24, 2.45) is 10.9 Å². The van der Waals surface area contributed by atoms with Gasteiger partial charge in [0.25, 0.3) is 5.91 Å². The number of thiazole rings is 1. The van der Waals surface area contributed by atoms with Gasteiger partial charge < -0.3 is 9.30 Å². The number of carbonyl (C=O) groups excluding carboxylic acids is 2. The minimum atomic E-state index is -3.61. The number of sulfonamides is 1. The van der Waals surface area contributed by atoms with Crippen molar-refractivity contribution in [2.45, 2.75) is 38.1 Å². The number of nitrogens with zero attached hydrogens (tertiary/aromatic N) is 3. The minimum Gasteiger partial charge on any atom is -0.465 e. The van der Waals surface area contributed by atoms with E-state index in [0.717, 1.165) is 27.5 Å². The molecule has 1 aliphatic rings. The number of carbonyl (C=O) groups is 2. The number of rotatable bonds is 6. The fourth-order valence-electron chi connectivity index (χ4n) is 4.06. The highest BCUT2D eigenvalue weighted by atomic mass is 79.9. The summed E-state index contributed by atoms with van der Waals surface area (Å²) in [5.74, 6) is -0.629. The van der Waals surface area contributed by atoms with Crippen molar-refractivity contribution in [3.05, 3.63) is 57.3 Å². The van der Waals surface area contributed by atoms with Crippen LogP contribution in [0.2, 0.25) is 0 Å². The maximum absolute atomic E-state index is 13.0. The predicted molar refractivity (Wildman–Crippen MR) is 138 cm³/mol. The number of ether oxygens (including phenoxy) is 1. The van der Waals surface area contributed by atoms with E-state index in [0.29, 0.717) is 23.8 Å². The van der Waals surface area contributed by atoms with Gasteiger partial charge in [-0.1, -0.05) is 34.2 Å². The van der Waals surface area contributed by atoms with Crippen LogP contribution >= 0.6 is 27.3 Å². The first-order chi connectivity index (χ1) is 16.7. The molecular weight excluding hydrogens is 554 g/mol. The van der Waals surface area contributed by atoms with Gasteiger partial charge in [0.2, 0.25) is 10.0 Å². The normalized spacial score (nSPS) is 17.6. The Kier molecular flexibility index (Phi) is 7.89. The van der Waals surface area contributed by atoms with Crippen molar-refractivity contribution >= 4 is 59.4 Å². The molecule has 0 bridgehead atoms. The Bertz CT molecular complexity index is 1430. The van der Waals surface area contributed by atoms with Gasteiger partial charge in [0.05, 0.1) is 21.7 Å². The van der Waals surface area contributed by atoms with Gasteiger partial charge in [-0.15, -0.1) is 0 Å². The highest BCUT2D eigenvalue weighted by Crippen LogP contribution is 2.24. The summed E-state index contributed by atoms with van der Waals surface area (Å²) in [7, 11) is -3.61. The fraction of sp³-hybridized carbons (Fsp3) is 0.375. The molecule has 8 nitrogen and oxygen atoms in total. The van der Waals surface area contributed by atoms with Crippen molar-refractivity contribution in [3.63, 3.8) is 0 Å². The quantitative estimate of drug-likeness (QED) is 0.408. The van der Waals surface area contributed by atoms with Crippen LogP contribution in [-0.4, -0.2) is 48.9 Å². The number of hydrogen-bond donors (Lipinski definition) is 0. The molecule has 186 valence electrons. The maximum atomic E-state index is 13.0. The Balaban J connectivity index is 1.65. The average Bonchev–Trinajstić information content (AvgIpc) is 3.14. The number of benzene rings is 2. The molecule has 1 aliphatic heterocycles. The number of fused-ring (bicyclic) bond motifs is 1. The van der Waals surface area contributed by atoms with Crippen molar-refractivity contribution in [3.8, 4) is 0 Å². The largest absolute Gasteiger partial charge is 0.465 e. The molecule has 3 aromatic rings. The molecule has 35 heavy (non-hydrogen) atoms. The van der Waals surface area contributed by atoms with Gasteiger partial charge in [0.15, 0.2) is 4.80 Å². The molecule has 2 heterocycles. The molecule has 0 N–H and O–H groups in total. The van der Waals surface area contributed by atoms with Gasteiger partial charge in [0.1, 0.15) is 6.54 Å². The highest BCUT2D eigenvalue weighted by Gasteiger charge is 2.28. The highest BCUT2D eigenvalue weighted by molar-refractivity contribution is 9.10. The van der Waals surface area contributed by atoms with Gasteiger partial charge >= 0.3 is 5.97 Å². The molecule has 0 radical (unpaired) electrons. The Morgan fingerprint density at radius 1 is 1.20 bits per heavy atom. The number of piperidine rings is 1.